The van der Waals surface area contributed by atoms with Gasteiger partial charge in [0.1, 0.15) is 0 Å². The summed E-state index contributed by atoms with van der Waals surface area (Å²) in [7, 11) is 0. The number of allylic oxidation sites excluding steroid dienone is 1. The van der Waals surface area contributed by atoms with Crippen LogP contribution in [0.4, 0.5) is 11.4 Å². The van der Waals surface area contributed by atoms with Gasteiger partial charge < -0.3 is 5.32 Å². The summed E-state index contributed by atoms with van der Waals surface area (Å²) in [4.78, 5) is 29.8. The fourth-order valence-electron chi connectivity index (χ4n) is 5.58. The molecule has 0 saturated heterocycles. The molecule has 0 saturated carbocycles. The minimum atomic E-state index is -0.502. The lowest BCUT2D eigenvalue weighted by Crippen LogP contribution is -2.38. The van der Waals surface area contributed by atoms with Gasteiger partial charge in [-0.05, 0) is 61.1 Å². The van der Waals surface area contributed by atoms with Crippen molar-refractivity contribution in [1.29, 1.82) is 0 Å². The number of unbranched alkanes of at least 4 members (excludes halogenated alkanes) is 2. The van der Waals surface area contributed by atoms with Crippen LogP contribution in [0.25, 0.3) is 0 Å². The van der Waals surface area contributed by atoms with Crippen LogP contribution in [-0.4, -0.2) is 11.7 Å². The summed E-state index contributed by atoms with van der Waals surface area (Å²) in [6.07, 6.45) is 4.26. The number of rotatable bonds is 6. The number of ketones is 1. The monoisotopic (exact) mass is 546 g/mol. The summed E-state index contributed by atoms with van der Waals surface area (Å²) < 4.78 is 0. The van der Waals surface area contributed by atoms with E-state index in [1.807, 2.05) is 72.5 Å². The normalized spacial score (nSPS) is 18.9. The van der Waals surface area contributed by atoms with Crippen molar-refractivity contribution in [2.24, 2.45) is 0 Å². The molecule has 3 aromatic rings. The Morgan fingerprint density at radius 3 is 2.42 bits per heavy atom. The van der Waals surface area contributed by atoms with E-state index in [2.05, 4.69) is 12.2 Å². The van der Waals surface area contributed by atoms with Gasteiger partial charge in [0.25, 0.3) is 0 Å². The van der Waals surface area contributed by atoms with Crippen LogP contribution in [-0.2, 0) is 9.59 Å². The maximum atomic E-state index is 14.1. The van der Waals surface area contributed by atoms with Crippen LogP contribution in [0, 0.1) is 6.92 Å². The molecular weight excluding hydrogens is 515 g/mol. The lowest BCUT2D eigenvalue weighted by atomic mass is 9.78. The smallest absolute Gasteiger partial charge is 0.227 e. The first-order valence-corrected chi connectivity index (χ1v) is 14.1. The van der Waals surface area contributed by atoms with E-state index in [1.165, 1.54) is 0 Å². The Labute approximate surface area is 234 Å². The molecule has 1 amide bonds. The van der Waals surface area contributed by atoms with Crippen LogP contribution in [0.2, 0.25) is 10.0 Å². The van der Waals surface area contributed by atoms with E-state index in [9.17, 15) is 9.59 Å². The Hall–Kier alpha value is -3.08. The number of amides is 1. The van der Waals surface area contributed by atoms with Gasteiger partial charge in [-0.15, -0.1) is 0 Å². The number of hydrogen-bond acceptors (Lipinski definition) is 3. The first-order valence-electron chi connectivity index (χ1n) is 13.3. The molecule has 2 aliphatic rings. The fraction of sp³-hybridized carbons (Fsp3) is 0.312. The van der Waals surface area contributed by atoms with Crippen LogP contribution in [0.5, 0.6) is 0 Å². The van der Waals surface area contributed by atoms with E-state index in [1.54, 1.807) is 6.07 Å². The van der Waals surface area contributed by atoms with E-state index in [0.717, 1.165) is 53.0 Å². The highest BCUT2D eigenvalue weighted by Crippen LogP contribution is 2.48. The molecule has 0 bridgehead atoms. The number of nitrogens with one attached hydrogen (secondary N) is 1. The Kier molecular flexibility index (Phi) is 7.92. The highest BCUT2D eigenvalue weighted by atomic mass is 35.5. The van der Waals surface area contributed by atoms with Crippen LogP contribution in [0.3, 0.4) is 0 Å². The molecule has 4 nitrogen and oxygen atoms in total. The van der Waals surface area contributed by atoms with E-state index < -0.39 is 6.04 Å². The van der Waals surface area contributed by atoms with E-state index >= 15 is 0 Å². The molecule has 0 spiro atoms. The minimum absolute atomic E-state index is 0.0337. The molecular formula is C32H32Cl2N2O2. The summed E-state index contributed by atoms with van der Waals surface area (Å²) in [5, 5.41) is 4.57. The highest BCUT2D eigenvalue weighted by Gasteiger charge is 2.41. The fourth-order valence-corrected chi connectivity index (χ4v) is 5.88. The second-order valence-electron chi connectivity index (χ2n) is 10.3. The van der Waals surface area contributed by atoms with Crippen LogP contribution in [0.1, 0.15) is 74.1 Å². The molecule has 1 N–H and O–H groups in total. The molecule has 1 aliphatic carbocycles. The zero-order valence-electron chi connectivity index (χ0n) is 21.8. The predicted octanol–water partition coefficient (Wildman–Crippen LogP) is 8.78. The third-order valence-electron chi connectivity index (χ3n) is 7.56. The highest BCUT2D eigenvalue weighted by molar-refractivity contribution is 6.42. The van der Waals surface area contributed by atoms with Crippen molar-refractivity contribution in [1.82, 2.24) is 0 Å². The van der Waals surface area contributed by atoms with Gasteiger partial charge in [0.2, 0.25) is 5.91 Å². The van der Waals surface area contributed by atoms with Crippen LogP contribution in [0.15, 0.2) is 78.0 Å². The van der Waals surface area contributed by atoms with Crippen molar-refractivity contribution in [3.05, 3.63) is 105 Å². The molecule has 0 fully saturated rings. The van der Waals surface area contributed by atoms with Crippen molar-refractivity contribution in [3.63, 3.8) is 0 Å². The van der Waals surface area contributed by atoms with Crippen molar-refractivity contribution in [2.45, 2.75) is 64.3 Å². The number of Topliss-reactive ketones (excluding diaryl/α,β-unsaturated/α-hetero) is 1. The Balaban J connectivity index is 1.65. The molecule has 1 aliphatic heterocycles. The molecule has 1 heterocycles. The van der Waals surface area contributed by atoms with Gasteiger partial charge in [-0.2, -0.15) is 0 Å². The van der Waals surface area contributed by atoms with Crippen molar-refractivity contribution in [2.75, 3.05) is 10.2 Å². The van der Waals surface area contributed by atoms with Gasteiger partial charge in [0, 0.05) is 24.1 Å². The first kappa shape index (κ1) is 26.5. The Morgan fingerprint density at radius 1 is 0.947 bits per heavy atom. The standard InChI is InChI=1S/C32H32Cl2N2O2/c1-3-4-5-10-30(38)36-28-9-7-6-8-26(28)35-27-18-23(22-15-16-24(33)25(34)17-22)19-29(37)31(27)32(36)21-13-11-20(2)12-14-21/h6-9,11-17,23,32,35H,3-5,10,18-19H2,1-2H3/t23-,32-/m0/s1. The molecule has 3 aromatic carbocycles. The number of para-hydroxylation sites is 2. The molecule has 38 heavy (non-hydrogen) atoms. The summed E-state index contributed by atoms with van der Waals surface area (Å²) in [5.74, 6) is 0.0344. The van der Waals surface area contributed by atoms with Gasteiger partial charge in [0.15, 0.2) is 5.78 Å². The molecule has 2 atom stereocenters. The predicted molar refractivity (Wildman–Crippen MR) is 156 cm³/mol. The van der Waals surface area contributed by atoms with Crippen molar-refractivity contribution < 1.29 is 9.59 Å². The van der Waals surface area contributed by atoms with Crippen molar-refractivity contribution >= 4 is 46.3 Å². The lowest BCUT2D eigenvalue weighted by molar-refractivity contribution is -0.119. The van der Waals surface area contributed by atoms with Crippen LogP contribution < -0.4 is 10.2 Å². The van der Waals surface area contributed by atoms with Gasteiger partial charge in [-0.25, -0.2) is 0 Å². The quantitative estimate of drug-likeness (QED) is 0.314. The minimum Gasteiger partial charge on any atom is -0.357 e. The van der Waals surface area contributed by atoms with Gasteiger partial charge in [-0.3, -0.25) is 14.5 Å². The first-order chi connectivity index (χ1) is 18.4. The van der Waals surface area contributed by atoms with Gasteiger partial charge >= 0.3 is 0 Å². The Bertz CT molecular complexity index is 1400. The van der Waals surface area contributed by atoms with Crippen molar-refractivity contribution in [3.8, 4) is 0 Å². The summed E-state index contributed by atoms with van der Waals surface area (Å²) >= 11 is 12.5. The van der Waals surface area contributed by atoms with E-state index in [-0.39, 0.29) is 17.6 Å². The number of halogens is 2. The number of carbonyl (C=O) groups is 2. The van der Waals surface area contributed by atoms with Crippen LogP contribution >= 0.6 is 23.2 Å². The topological polar surface area (TPSA) is 49.4 Å². The zero-order valence-corrected chi connectivity index (χ0v) is 23.3. The average molecular weight is 548 g/mol. The SMILES string of the molecule is CCCCCC(=O)N1c2ccccc2NC2=C(C(=O)C[C@@H](c3ccc(Cl)c(Cl)c3)C2)[C@@H]1c1ccc(C)cc1. The number of anilines is 2. The summed E-state index contributed by atoms with van der Waals surface area (Å²) in [6.45, 7) is 4.17. The number of carbonyl (C=O) groups excluding carboxylic acids is 2. The molecule has 5 rings (SSSR count). The van der Waals surface area contributed by atoms with Gasteiger partial charge in [-0.1, -0.05) is 91.0 Å². The Morgan fingerprint density at radius 2 is 1.68 bits per heavy atom. The van der Waals surface area contributed by atoms with E-state index in [0.29, 0.717) is 34.9 Å². The molecule has 196 valence electrons. The number of fused-ring (bicyclic) bond motifs is 1. The third kappa shape index (κ3) is 5.25. The second-order valence-corrected chi connectivity index (χ2v) is 11.1. The third-order valence-corrected chi connectivity index (χ3v) is 8.30. The maximum absolute atomic E-state index is 14.1. The summed E-state index contributed by atoms with van der Waals surface area (Å²) in [5.41, 5.74) is 6.22. The number of aryl methyl sites for hydroxylation is 1. The molecule has 6 heteroatoms. The maximum Gasteiger partial charge on any atom is 0.227 e. The molecule has 0 radical (unpaired) electrons. The average Bonchev–Trinajstić information content (AvgIpc) is 3.05. The molecule has 0 unspecified atom stereocenters. The summed E-state index contributed by atoms with van der Waals surface area (Å²) in [6, 6.07) is 21.1. The number of benzene rings is 3. The second kappa shape index (κ2) is 11.3. The number of hydrogen-bond donors (Lipinski definition) is 1. The lowest BCUT2D eigenvalue weighted by Gasteiger charge is -2.35. The van der Waals surface area contributed by atoms with E-state index in [4.69, 9.17) is 23.2 Å². The number of nitrogens with zero attached hydrogens (tertiary/aromatic N) is 1. The largest absolute Gasteiger partial charge is 0.357 e. The van der Waals surface area contributed by atoms with Gasteiger partial charge in [0.05, 0.1) is 27.5 Å². The zero-order chi connectivity index (χ0) is 26.8. The molecule has 0 aromatic heterocycles.